The molecule has 2 aliphatic rings. The van der Waals surface area contributed by atoms with Crippen molar-refractivity contribution in [1.29, 1.82) is 15.8 Å². The van der Waals surface area contributed by atoms with E-state index in [-0.39, 0.29) is 11.6 Å². The molecule has 112 valence electrons. The molecule has 0 fully saturated rings. The predicted molar refractivity (Wildman–Crippen MR) is 82.9 cm³/mol. The minimum atomic E-state index is -1.53. The van der Waals surface area contributed by atoms with E-state index in [1.54, 1.807) is 18.5 Å². The molecule has 1 heterocycles. The van der Waals surface area contributed by atoms with Crippen LogP contribution in [0.4, 0.5) is 0 Å². The molecule has 23 heavy (non-hydrogen) atoms. The lowest BCUT2D eigenvalue weighted by Gasteiger charge is -2.43. The second-order valence-corrected chi connectivity index (χ2v) is 5.89. The van der Waals surface area contributed by atoms with E-state index < -0.39 is 11.3 Å². The minimum Gasteiger partial charge on any atom is -0.399 e. The van der Waals surface area contributed by atoms with Gasteiger partial charge in [-0.05, 0) is 42.4 Å². The summed E-state index contributed by atoms with van der Waals surface area (Å²) >= 11 is 0. The summed E-state index contributed by atoms with van der Waals surface area (Å²) in [5, 5.41) is 29.1. The quantitative estimate of drug-likeness (QED) is 0.857. The molecule has 1 aromatic rings. The first-order valence-electron chi connectivity index (χ1n) is 7.52. The first-order valence-corrected chi connectivity index (χ1v) is 7.52. The molecule has 0 aliphatic heterocycles. The van der Waals surface area contributed by atoms with E-state index in [2.05, 4.69) is 23.2 Å². The van der Waals surface area contributed by atoms with Crippen molar-refractivity contribution >= 4 is 0 Å². The summed E-state index contributed by atoms with van der Waals surface area (Å²) in [5.41, 5.74) is 6.71. The lowest BCUT2D eigenvalue weighted by molar-refractivity contribution is 0.317. The average Bonchev–Trinajstić information content (AvgIpc) is 2.61. The SMILES string of the molecule is N#CC1=C(N)C(C#N)(C#N)[C@@H](c2cccnc2)[C@@H]2CCCC=C12. The van der Waals surface area contributed by atoms with Crippen LogP contribution in [0.1, 0.15) is 30.7 Å². The Morgan fingerprint density at radius 1 is 1.26 bits per heavy atom. The van der Waals surface area contributed by atoms with Crippen LogP contribution >= 0.6 is 0 Å². The maximum absolute atomic E-state index is 9.81. The number of rotatable bonds is 1. The van der Waals surface area contributed by atoms with Crippen LogP contribution < -0.4 is 5.73 Å². The third-order valence-corrected chi connectivity index (χ3v) is 4.84. The van der Waals surface area contributed by atoms with Crippen molar-refractivity contribution in [1.82, 2.24) is 4.98 Å². The molecule has 0 amide bonds. The van der Waals surface area contributed by atoms with Gasteiger partial charge in [0.1, 0.15) is 6.07 Å². The molecule has 2 atom stereocenters. The highest BCUT2D eigenvalue weighted by atomic mass is 14.7. The number of nitrogens with two attached hydrogens (primary N) is 1. The molecule has 2 N–H and O–H groups in total. The van der Waals surface area contributed by atoms with Gasteiger partial charge in [0, 0.05) is 18.3 Å². The summed E-state index contributed by atoms with van der Waals surface area (Å²) in [6.07, 6.45) is 8.05. The van der Waals surface area contributed by atoms with E-state index in [1.165, 1.54) is 0 Å². The zero-order chi connectivity index (χ0) is 16.4. The number of hydrogen-bond donors (Lipinski definition) is 1. The molecule has 0 saturated heterocycles. The van der Waals surface area contributed by atoms with E-state index in [0.29, 0.717) is 5.57 Å². The summed E-state index contributed by atoms with van der Waals surface area (Å²) in [6.45, 7) is 0. The molecule has 0 spiro atoms. The monoisotopic (exact) mass is 301 g/mol. The molecule has 0 aromatic carbocycles. The van der Waals surface area contributed by atoms with Crippen molar-refractivity contribution in [2.45, 2.75) is 25.2 Å². The molecule has 0 saturated carbocycles. The first kappa shape index (κ1) is 14.8. The highest BCUT2D eigenvalue weighted by molar-refractivity contribution is 5.58. The fourth-order valence-corrected chi connectivity index (χ4v) is 3.81. The molecule has 0 unspecified atom stereocenters. The number of aromatic nitrogens is 1. The topological polar surface area (TPSA) is 110 Å². The summed E-state index contributed by atoms with van der Waals surface area (Å²) in [7, 11) is 0. The molecule has 3 rings (SSSR count). The Morgan fingerprint density at radius 3 is 2.65 bits per heavy atom. The van der Waals surface area contributed by atoms with Crippen molar-refractivity contribution in [2.75, 3.05) is 0 Å². The van der Waals surface area contributed by atoms with Crippen molar-refractivity contribution in [3.63, 3.8) is 0 Å². The lowest BCUT2D eigenvalue weighted by Crippen LogP contribution is -2.42. The third kappa shape index (κ3) is 2.00. The van der Waals surface area contributed by atoms with Gasteiger partial charge in [-0.15, -0.1) is 0 Å². The number of hydrogen-bond acceptors (Lipinski definition) is 5. The highest BCUT2D eigenvalue weighted by Gasteiger charge is 2.53. The van der Waals surface area contributed by atoms with Crippen LogP contribution in [-0.2, 0) is 0 Å². The normalized spacial score (nSPS) is 25.3. The molecule has 2 aliphatic carbocycles. The average molecular weight is 301 g/mol. The van der Waals surface area contributed by atoms with Crippen molar-refractivity contribution in [3.8, 4) is 18.2 Å². The number of allylic oxidation sites excluding steroid dienone is 4. The van der Waals surface area contributed by atoms with Crippen LogP contribution in [0.15, 0.2) is 47.4 Å². The molecular weight excluding hydrogens is 286 g/mol. The van der Waals surface area contributed by atoms with Crippen LogP contribution in [0.2, 0.25) is 0 Å². The maximum atomic E-state index is 9.81. The van der Waals surface area contributed by atoms with Crippen molar-refractivity contribution in [2.24, 2.45) is 17.1 Å². The maximum Gasteiger partial charge on any atom is 0.191 e. The van der Waals surface area contributed by atoms with Gasteiger partial charge < -0.3 is 5.73 Å². The number of nitriles is 3. The van der Waals surface area contributed by atoms with E-state index in [1.807, 2.05) is 12.1 Å². The first-order chi connectivity index (χ1) is 11.2. The van der Waals surface area contributed by atoms with E-state index >= 15 is 0 Å². The van der Waals surface area contributed by atoms with Gasteiger partial charge in [-0.2, -0.15) is 15.8 Å². The second kappa shape index (κ2) is 5.59. The van der Waals surface area contributed by atoms with Gasteiger partial charge in [-0.25, -0.2) is 0 Å². The van der Waals surface area contributed by atoms with E-state index in [4.69, 9.17) is 5.73 Å². The van der Waals surface area contributed by atoms with Crippen molar-refractivity contribution < 1.29 is 0 Å². The number of pyridine rings is 1. The summed E-state index contributed by atoms with van der Waals surface area (Å²) in [4.78, 5) is 4.14. The van der Waals surface area contributed by atoms with Gasteiger partial charge in [0.15, 0.2) is 5.41 Å². The highest BCUT2D eigenvalue weighted by Crippen LogP contribution is 2.55. The Hall–Kier alpha value is -3.10. The van der Waals surface area contributed by atoms with E-state index in [9.17, 15) is 15.8 Å². The molecule has 1 aromatic heterocycles. The Morgan fingerprint density at radius 2 is 2.04 bits per heavy atom. The predicted octanol–water partition coefficient (Wildman–Crippen LogP) is 2.68. The Kier molecular flexibility index (Phi) is 3.61. The fourth-order valence-electron chi connectivity index (χ4n) is 3.81. The van der Waals surface area contributed by atoms with Gasteiger partial charge >= 0.3 is 0 Å². The summed E-state index contributed by atoms with van der Waals surface area (Å²) in [5.74, 6) is -0.468. The van der Waals surface area contributed by atoms with Gasteiger partial charge in [0.05, 0.1) is 23.4 Å². The van der Waals surface area contributed by atoms with Gasteiger partial charge in [0.25, 0.3) is 0 Å². The molecule has 5 heteroatoms. The number of fused-ring (bicyclic) bond motifs is 1. The van der Waals surface area contributed by atoms with Crippen LogP contribution in [0.3, 0.4) is 0 Å². The van der Waals surface area contributed by atoms with Crippen LogP contribution in [0.5, 0.6) is 0 Å². The third-order valence-electron chi connectivity index (χ3n) is 4.84. The zero-order valence-electron chi connectivity index (χ0n) is 12.5. The van der Waals surface area contributed by atoms with Gasteiger partial charge in [-0.3, -0.25) is 4.98 Å². The number of nitrogens with zero attached hydrogens (tertiary/aromatic N) is 4. The summed E-state index contributed by atoms with van der Waals surface area (Å²) < 4.78 is 0. The van der Waals surface area contributed by atoms with Gasteiger partial charge in [-0.1, -0.05) is 12.1 Å². The van der Waals surface area contributed by atoms with E-state index in [0.717, 1.165) is 30.4 Å². The Bertz CT molecular complexity index is 800. The Balaban J connectivity index is 2.33. The van der Waals surface area contributed by atoms with Crippen LogP contribution in [-0.4, -0.2) is 4.98 Å². The largest absolute Gasteiger partial charge is 0.399 e. The Labute approximate surface area is 135 Å². The molecule has 0 radical (unpaired) electrons. The van der Waals surface area contributed by atoms with Crippen LogP contribution in [0.25, 0.3) is 0 Å². The van der Waals surface area contributed by atoms with Crippen LogP contribution in [0, 0.1) is 45.3 Å². The lowest BCUT2D eigenvalue weighted by atomic mass is 9.57. The zero-order valence-corrected chi connectivity index (χ0v) is 12.5. The summed E-state index contributed by atoms with van der Waals surface area (Å²) in [6, 6.07) is 10.0. The smallest absolute Gasteiger partial charge is 0.191 e. The molecular formula is C18H15N5. The molecule has 0 bridgehead atoms. The second-order valence-electron chi connectivity index (χ2n) is 5.89. The minimum absolute atomic E-state index is 0.0609. The van der Waals surface area contributed by atoms with Gasteiger partial charge in [0.2, 0.25) is 0 Å². The fraction of sp³-hybridized carbons (Fsp3) is 0.333. The van der Waals surface area contributed by atoms with Crippen molar-refractivity contribution in [3.05, 3.63) is 53.0 Å². The standard InChI is InChI=1S/C18H15N5/c19-8-15-13-5-1-2-6-14(13)16(12-4-3-7-23-9-12)18(10-20,11-21)17(15)22/h3-5,7,9,14,16H,1-2,6,22H2/t14-,16+/m1/s1. The molecule has 5 nitrogen and oxygen atoms in total.